The molecule has 1 radical (unpaired) electrons. The molecule has 1 heteroatoms. The third-order valence-electron chi connectivity index (χ3n) is 2.85. The van der Waals surface area contributed by atoms with Crippen LogP contribution in [-0.4, -0.2) is 0 Å². The number of hydrogen-bond acceptors (Lipinski definition) is 0. The molecule has 0 aliphatic rings. The molecule has 0 saturated carbocycles. The minimum absolute atomic E-state index is 0.259. The lowest BCUT2D eigenvalue weighted by Crippen LogP contribution is -1.90. The molecule has 0 bridgehead atoms. The molecule has 0 heterocycles. The van der Waals surface area contributed by atoms with Crippen molar-refractivity contribution in [2.45, 2.75) is 25.7 Å². The lowest BCUT2D eigenvalue weighted by molar-refractivity contribution is 0.621. The van der Waals surface area contributed by atoms with Crippen LogP contribution in [0, 0.1) is 11.9 Å². The van der Waals surface area contributed by atoms with Crippen LogP contribution in [0.1, 0.15) is 24.0 Å². The lowest BCUT2D eigenvalue weighted by atomic mass is 10.0. The van der Waals surface area contributed by atoms with Gasteiger partial charge in [-0.1, -0.05) is 42.5 Å². The number of hydrogen-bond donors (Lipinski definition) is 0. The van der Waals surface area contributed by atoms with E-state index in [-0.39, 0.29) is 5.82 Å². The molecular weight excluding hydrogens is 211 g/mol. The highest BCUT2D eigenvalue weighted by atomic mass is 19.1. The van der Waals surface area contributed by atoms with Crippen LogP contribution < -0.4 is 0 Å². The van der Waals surface area contributed by atoms with Crippen molar-refractivity contribution in [1.82, 2.24) is 0 Å². The van der Waals surface area contributed by atoms with Gasteiger partial charge in [-0.15, -0.1) is 0 Å². The van der Waals surface area contributed by atoms with E-state index in [0.29, 0.717) is 0 Å². The first kappa shape index (κ1) is 11.8. The highest BCUT2D eigenvalue weighted by Gasteiger charge is 1.97. The molecule has 87 valence electrons. The number of halogens is 1. The van der Waals surface area contributed by atoms with Crippen molar-refractivity contribution in [3.05, 3.63) is 71.5 Å². The van der Waals surface area contributed by atoms with Gasteiger partial charge in [-0.2, -0.15) is 0 Å². The molecule has 17 heavy (non-hydrogen) atoms. The molecule has 0 saturated heterocycles. The molecule has 0 atom stereocenters. The van der Waals surface area contributed by atoms with E-state index in [4.69, 9.17) is 0 Å². The summed E-state index contributed by atoms with van der Waals surface area (Å²) in [6, 6.07) is 18.2. The van der Waals surface area contributed by atoms with Gasteiger partial charge in [-0.3, -0.25) is 0 Å². The fraction of sp³-hybridized carbons (Fsp3) is 0.250. The van der Waals surface area contributed by atoms with Crippen LogP contribution in [-0.2, 0) is 12.8 Å². The quantitative estimate of drug-likeness (QED) is 0.672. The van der Waals surface area contributed by atoms with Crippen molar-refractivity contribution in [2.24, 2.45) is 0 Å². The predicted molar refractivity (Wildman–Crippen MR) is 68.3 cm³/mol. The third-order valence-corrected chi connectivity index (χ3v) is 2.85. The van der Waals surface area contributed by atoms with Gasteiger partial charge in [0.1, 0.15) is 5.82 Å². The zero-order valence-electron chi connectivity index (χ0n) is 9.83. The summed E-state index contributed by atoms with van der Waals surface area (Å²) in [5, 5.41) is 0. The summed E-state index contributed by atoms with van der Waals surface area (Å²) < 4.78 is 12.9. The average Bonchev–Trinajstić information content (AvgIpc) is 2.36. The molecule has 2 aromatic rings. The Morgan fingerprint density at radius 2 is 1.59 bits per heavy atom. The van der Waals surface area contributed by atoms with Crippen LogP contribution in [0.4, 0.5) is 4.39 Å². The Morgan fingerprint density at radius 3 is 2.29 bits per heavy atom. The fourth-order valence-corrected chi connectivity index (χ4v) is 1.94. The van der Waals surface area contributed by atoms with Crippen molar-refractivity contribution in [3.8, 4) is 0 Å². The first-order valence-corrected chi connectivity index (χ1v) is 6.04. The Labute approximate surface area is 102 Å². The fourth-order valence-electron chi connectivity index (χ4n) is 1.94. The van der Waals surface area contributed by atoms with Gasteiger partial charge in [-0.25, -0.2) is 4.39 Å². The SMILES string of the molecule is Fc1[c]ccc(CCCCc2ccccc2)c1. The number of unbranched alkanes of at least 4 members (excludes halogenated alkanes) is 1. The first-order valence-electron chi connectivity index (χ1n) is 6.04. The zero-order chi connectivity index (χ0) is 11.9. The Kier molecular flexibility index (Phi) is 4.31. The summed E-state index contributed by atoms with van der Waals surface area (Å²) in [4.78, 5) is 0. The molecule has 0 N–H and O–H groups in total. The monoisotopic (exact) mass is 227 g/mol. The van der Waals surface area contributed by atoms with E-state index in [2.05, 4.69) is 30.3 Å². The summed E-state index contributed by atoms with van der Waals surface area (Å²) in [6.07, 6.45) is 4.28. The van der Waals surface area contributed by atoms with Gasteiger partial charge in [0.25, 0.3) is 0 Å². The molecule has 2 aromatic carbocycles. The number of rotatable bonds is 5. The second kappa shape index (κ2) is 6.19. The molecule has 0 nitrogen and oxygen atoms in total. The molecule has 0 aliphatic heterocycles. The molecule has 0 amide bonds. The largest absolute Gasteiger partial charge is 0.206 e. The average molecular weight is 227 g/mol. The molecule has 0 spiro atoms. The Balaban J connectivity index is 1.73. The molecule has 0 aromatic heterocycles. The highest BCUT2D eigenvalue weighted by molar-refractivity contribution is 5.16. The van der Waals surface area contributed by atoms with Crippen molar-refractivity contribution < 1.29 is 4.39 Å². The van der Waals surface area contributed by atoms with Crippen LogP contribution in [0.25, 0.3) is 0 Å². The second-order valence-electron chi connectivity index (χ2n) is 4.24. The zero-order valence-corrected chi connectivity index (χ0v) is 9.83. The minimum atomic E-state index is -0.259. The normalized spacial score (nSPS) is 10.4. The van der Waals surface area contributed by atoms with Gasteiger partial charge in [0.15, 0.2) is 0 Å². The summed E-state index contributed by atoms with van der Waals surface area (Å²) in [5.74, 6) is -0.259. The smallest absolute Gasteiger partial charge is 0.131 e. The van der Waals surface area contributed by atoms with E-state index in [1.54, 1.807) is 12.1 Å². The van der Waals surface area contributed by atoms with Crippen LogP contribution in [0.3, 0.4) is 0 Å². The first-order chi connectivity index (χ1) is 8.34. The van der Waals surface area contributed by atoms with Gasteiger partial charge in [0.05, 0.1) is 0 Å². The van der Waals surface area contributed by atoms with E-state index in [1.807, 2.05) is 12.1 Å². The summed E-state index contributed by atoms with van der Waals surface area (Å²) in [5.41, 5.74) is 2.44. The van der Waals surface area contributed by atoms with Crippen LogP contribution in [0.2, 0.25) is 0 Å². The second-order valence-corrected chi connectivity index (χ2v) is 4.24. The standard InChI is InChI=1S/C16H16F/c17-16-12-6-11-15(13-16)10-5-4-9-14-7-2-1-3-8-14/h1-3,6-8,11,13H,4-5,9-10H2. The molecule has 0 fully saturated rings. The van der Waals surface area contributed by atoms with Gasteiger partial charge < -0.3 is 0 Å². The minimum Gasteiger partial charge on any atom is -0.206 e. The third kappa shape index (κ3) is 4.03. The van der Waals surface area contributed by atoms with Crippen LogP contribution >= 0.6 is 0 Å². The molecular formula is C16H16F. The van der Waals surface area contributed by atoms with Crippen molar-refractivity contribution in [1.29, 1.82) is 0 Å². The molecule has 2 rings (SSSR count). The maximum atomic E-state index is 12.9. The van der Waals surface area contributed by atoms with Crippen LogP contribution in [0.15, 0.2) is 48.5 Å². The Hall–Kier alpha value is -1.63. The van der Waals surface area contributed by atoms with Crippen molar-refractivity contribution in [2.75, 3.05) is 0 Å². The van der Waals surface area contributed by atoms with Gasteiger partial charge in [-0.05, 0) is 42.9 Å². The van der Waals surface area contributed by atoms with E-state index < -0.39 is 0 Å². The molecule has 0 aliphatic carbocycles. The van der Waals surface area contributed by atoms with E-state index >= 15 is 0 Å². The lowest BCUT2D eigenvalue weighted by Gasteiger charge is -2.02. The number of aryl methyl sites for hydroxylation is 2. The predicted octanol–water partition coefficient (Wildman–Crippen LogP) is 4.19. The topological polar surface area (TPSA) is 0 Å². The Bertz CT molecular complexity index is 448. The van der Waals surface area contributed by atoms with E-state index in [9.17, 15) is 4.39 Å². The highest BCUT2D eigenvalue weighted by Crippen LogP contribution is 2.10. The van der Waals surface area contributed by atoms with Gasteiger partial charge in [0, 0.05) is 6.07 Å². The summed E-state index contributed by atoms with van der Waals surface area (Å²) in [7, 11) is 0. The van der Waals surface area contributed by atoms with Crippen molar-refractivity contribution >= 4 is 0 Å². The summed E-state index contributed by atoms with van der Waals surface area (Å²) >= 11 is 0. The number of benzene rings is 2. The van der Waals surface area contributed by atoms with E-state index in [1.165, 1.54) is 5.56 Å². The van der Waals surface area contributed by atoms with Crippen molar-refractivity contribution in [3.63, 3.8) is 0 Å². The van der Waals surface area contributed by atoms with Crippen LogP contribution in [0.5, 0.6) is 0 Å². The van der Waals surface area contributed by atoms with Gasteiger partial charge >= 0.3 is 0 Å². The van der Waals surface area contributed by atoms with E-state index in [0.717, 1.165) is 31.2 Å². The Morgan fingerprint density at radius 1 is 0.882 bits per heavy atom. The van der Waals surface area contributed by atoms with Gasteiger partial charge in [0.2, 0.25) is 0 Å². The maximum Gasteiger partial charge on any atom is 0.131 e. The maximum absolute atomic E-state index is 12.9. The molecule has 0 unspecified atom stereocenters. The summed E-state index contributed by atoms with van der Waals surface area (Å²) in [6.45, 7) is 0.